The lowest BCUT2D eigenvalue weighted by Crippen LogP contribution is -2.20. The Morgan fingerprint density at radius 2 is 1.92 bits per heavy atom. The zero-order valence-electron chi connectivity index (χ0n) is 13.0. The van der Waals surface area contributed by atoms with Gasteiger partial charge in [0.05, 0.1) is 4.58 Å². The van der Waals surface area contributed by atoms with E-state index in [1.807, 2.05) is 59.9 Å². The van der Waals surface area contributed by atoms with E-state index in [9.17, 15) is 4.79 Å². The minimum atomic E-state index is -0.153. The molecule has 0 radical (unpaired) electrons. The molecule has 0 unspecified atom stereocenters. The highest BCUT2D eigenvalue weighted by molar-refractivity contribution is 14.1. The van der Waals surface area contributed by atoms with Crippen LogP contribution >= 0.6 is 46.1 Å². The molecule has 3 rings (SSSR count). The molecule has 126 valence electrons. The smallest absolute Gasteiger partial charge is 0.262 e. The first-order valence-electron chi connectivity index (χ1n) is 7.72. The molecule has 0 saturated carbocycles. The maximum Gasteiger partial charge on any atom is 0.262 e. The van der Waals surface area contributed by atoms with Crippen molar-refractivity contribution in [3.8, 4) is 5.75 Å². The molecule has 6 heteroatoms. The van der Waals surface area contributed by atoms with Crippen molar-refractivity contribution >= 4 is 57.7 Å². The highest BCUT2D eigenvalue weighted by atomic mass is 127. The lowest BCUT2D eigenvalue weighted by molar-refractivity contribution is -0.118. The van der Waals surface area contributed by atoms with Gasteiger partial charge in [-0.25, -0.2) is 0 Å². The van der Waals surface area contributed by atoms with E-state index in [0.29, 0.717) is 4.58 Å². The summed E-state index contributed by atoms with van der Waals surface area (Å²) in [5.41, 5.74) is 2.11. The van der Waals surface area contributed by atoms with Gasteiger partial charge in [-0.1, -0.05) is 18.2 Å². The molecule has 1 saturated heterocycles. The summed E-state index contributed by atoms with van der Waals surface area (Å²) in [6.07, 6.45) is 1.29. The van der Waals surface area contributed by atoms with Crippen LogP contribution < -0.4 is 10.1 Å². The Hall–Kier alpha value is -0.860. The molecule has 1 heterocycles. The maximum atomic E-state index is 12.0. The molecule has 1 aliphatic rings. The molecule has 2 aromatic rings. The first kappa shape index (κ1) is 17.9. The van der Waals surface area contributed by atoms with Crippen LogP contribution in [0.5, 0.6) is 5.75 Å². The summed E-state index contributed by atoms with van der Waals surface area (Å²) >= 11 is 6.22. The van der Waals surface area contributed by atoms with Crippen LogP contribution in [0.2, 0.25) is 0 Å². The average molecular weight is 471 g/mol. The summed E-state index contributed by atoms with van der Waals surface area (Å²) in [5, 5.41) is 2.84. The van der Waals surface area contributed by atoms with Gasteiger partial charge in [0.25, 0.3) is 5.91 Å². The van der Waals surface area contributed by atoms with Crippen molar-refractivity contribution < 1.29 is 9.53 Å². The van der Waals surface area contributed by atoms with Crippen molar-refractivity contribution in [3.63, 3.8) is 0 Å². The number of amides is 1. The lowest BCUT2D eigenvalue weighted by Gasteiger charge is -2.21. The van der Waals surface area contributed by atoms with Crippen LogP contribution in [0, 0.1) is 3.57 Å². The maximum absolute atomic E-state index is 12.0. The van der Waals surface area contributed by atoms with Gasteiger partial charge in [-0.05, 0) is 76.4 Å². The average Bonchev–Trinajstić information content (AvgIpc) is 2.61. The molecule has 0 atom stereocenters. The monoisotopic (exact) mass is 471 g/mol. The van der Waals surface area contributed by atoms with Crippen molar-refractivity contribution in [1.29, 1.82) is 0 Å². The largest absolute Gasteiger partial charge is 0.484 e. The normalized spacial score (nSPS) is 15.0. The number of ether oxygens (including phenoxy) is 1. The molecule has 0 aromatic heterocycles. The van der Waals surface area contributed by atoms with Crippen LogP contribution in [-0.2, 0) is 4.79 Å². The molecule has 24 heavy (non-hydrogen) atoms. The number of carbonyl (C=O) groups excluding carboxylic acids is 1. The van der Waals surface area contributed by atoms with Crippen LogP contribution in [0.25, 0.3) is 0 Å². The highest BCUT2D eigenvalue weighted by Crippen LogP contribution is 2.43. The summed E-state index contributed by atoms with van der Waals surface area (Å²) < 4.78 is 7.19. The van der Waals surface area contributed by atoms with Crippen LogP contribution in [0.1, 0.15) is 16.6 Å². The van der Waals surface area contributed by atoms with E-state index in [2.05, 4.69) is 40.0 Å². The second-order valence-electron chi connectivity index (χ2n) is 5.34. The molecule has 0 aliphatic carbocycles. The molecule has 1 aliphatic heterocycles. The standard InChI is InChI=1S/C18H18INO2S2/c19-14-3-1-4-15(11-14)20-17(21)12-22-16-7-5-13(6-8-16)18-23-9-2-10-24-18/h1,3-8,11,18H,2,9-10,12H2,(H,20,21). The molecule has 0 bridgehead atoms. The van der Waals surface area contributed by atoms with Crippen LogP contribution in [-0.4, -0.2) is 24.0 Å². The summed E-state index contributed by atoms with van der Waals surface area (Å²) in [5.74, 6) is 3.03. The Balaban J connectivity index is 1.50. The van der Waals surface area contributed by atoms with Gasteiger partial charge >= 0.3 is 0 Å². The summed E-state index contributed by atoms with van der Waals surface area (Å²) in [6, 6.07) is 15.8. The fourth-order valence-electron chi connectivity index (χ4n) is 2.31. The minimum Gasteiger partial charge on any atom is -0.484 e. The molecule has 1 N–H and O–H groups in total. The fourth-order valence-corrected chi connectivity index (χ4v) is 5.75. The number of carbonyl (C=O) groups is 1. The van der Waals surface area contributed by atoms with Crippen molar-refractivity contribution in [2.45, 2.75) is 11.0 Å². The van der Waals surface area contributed by atoms with E-state index in [1.54, 1.807) is 0 Å². The van der Waals surface area contributed by atoms with Crippen molar-refractivity contribution in [3.05, 3.63) is 57.7 Å². The van der Waals surface area contributed by atoms with Gasteiger partial charge in [0.2, 0.25) is 0 Å². The lowest BCUT2D eigenvalue weighted by atomic mass is 10.2. The van der Waals surface area contributed by atoms with Crippen molar-refractivity contribution in [2.24, 2.45) is 0 Å². The summed E-state index contributed by atoms with van der Waals surface area (Å²) in [4.78, 5) is 12.0. The molecular formula is C18H18INO2S2. The Bertz CT molecular complexity index is 688. The van der Waals surface area contributed by atoms with Gasteiger partial charge < -0.3 is 10.1 Å². The number of nitrogens with one attached hydrogen (secondary N) is 1. The van der Waals surface area contributed by atoms with Gasteiger partial charge in [0.1, 0.15) is 5.75 Å². The summed E-state index contributed by atoms with van der Waals surface area (Å²) in [7, 11) is 0. The van der Waals surface area contributed by atoms with E-state index in [0.717, 1.165) is 15.0 Å². The first-order valence-corrected chi connectivity index (χ1v) is 10.9. The van der Waals surface area contributed by atoms with Crippen LogP contribution in [0.3, 0.4) is 0 Å². The Kier molecular flexibility index (Phi) is 6.74. The molecule has 3 nitrogen and oxygen atoms in total. The first-order chi connectivity index (χ1) is 11.7. The highest BCUT2D eigenvalue weighted by Gasteiger charge is 2.16. The second kappa shape index (κ2) is 9.01. The van der Waals surface area contributed by atoms with E-state index in [1.165, 1.54) is 23.5 Å². The molecule has 0 spiro atoms. The number of halogens is 1. The topological polar surface area (TPSA) is 38.3 Å². The SMILES string of the molecule is O=C(COc1ccc(C2SCCCS2)cc1)Nc1cccc(I)c1. The zero-order chi connectivity index (χ0) is 16.8. The number of anilines is 1. The van der Waals surface area contributed by atoms with Crippen LogP contribution in [0.4, 0.5) is 5.69 Å². The van der Waals surface area contributed by atoms with Gasteiger partial charge in [-0.15, -0.1) is 23.5 Å². The fraction of sp³-hybridized carbons (Fsp3) is 0.278. The number of hydrogen-bond acceptors (Lipinski definition) is 4. The van der Waals surface area contributed by atoms with E-state index < -0.39 is 0 Å². The van der Waals surface area contributed by atoms with Gasteiger partial charge in [0.15, 0.2) is 6.61 Å². The number of hydrogen-bond donors (Lipinski definition) is 1. The summed E-state index contributed by atoms with van der Waals surface area (Å²) in [6.45, 7) is 0.0117. The quantitative estimate of drug-likeness (QED) is 0.611. The predicted molar refractivity (Wildman–Crippen MR) is 112 cm³/mol. The Labute approximate surface area is 164 Å². The van der Waals surface area contributed by atoms with E-state index >= 15 is 0 Å². The van der Waals surface area contributed by atoms with Crippen molar-refractivity contribution in [1.82, 2.24) is 0 Å². The third kappa shape index (κ3) is 5.32. The second-order valence-corrected chi connectivity index (χ2v) is 9.31. The van der Waals surface area contributed by atoms with Gasteiger partial charge in [0, 0.05) is 9.26 Å². The number of rotatable bonds is 5. The third-order valence-electron chi connectivity index (χ3n) is 3.46. The third-order valence-corrected chi connectivity index (χ3v) is 7.14. The molecule has 1 amide bonds. The number of benzene rings is 2. The molecule has 2 aromatic carbocycles. The predicted octanol–water partition coefficient (Wildman–Crippen LogP) is 5.18. The minimum absolute atomic E-state index is 0.0117. The molecular weight excluding hydrogens is 453 g/mol. The zero-order valence-corrected chi connectivity index (χ0v) is 16.8. The van der Waals surface area contributed by atoms with Gasteiger partial charge in [-0.2, -0.15) is 0 Å². The van der Waals surface area contributed by atoms with Gasteiger partial charge in [-0.3, -0.25) is 4.79 Å². The Morgan fingerprint density at radius 3 is 2.62 bits per heavy atom. The van der Waals surface area contributed by atoms with E-state index in [4.69, 9.17) is 4.74 Å². The van der Waals surface area contributed by atoms with E-state index in [-0.39, 0.29) is 12.5 Å². The Morgan fingerprint density at radius 1 is 1.17 bits per heavy atom. The van der Waals surface area contributed by atoms with Crippen LogP contribution in [0.15, 0.2) is 48.5 Å². The molecule has 1 fully saturated rings. The van der Waals surface area contributed by atoms with Crippen molar-refractivity contribution in [2.75, 3.05) is 23.4 Å². The number of thioether (sulfide) groups is 2.